The Morgan fingerprint density at radius 3 is 1.77 bits per heavy atom. The number of hydrogen-bond acceptors (Lipinski definition) is 6. The monoisotopic (exact) mass is 747 g/mol. The number of fused-ring (bicyclic) bond motifs is 9. The first kappa shape index (κ1) is 31.9. The van der Waals surface area contributed by atoms with Gasteiger partial charge in [0.25, 0.3) is 0 Å². The zero-order valence-electron chi connectivity index (χ0n) is 30.3. The Morgan fingerprint density at radius 1 is 0.351 bits per heavy atom. The maximum absolute atomic E-state index is 6.70. The van der Waals surface area contributed by atoms with Crippen molar-refractivity contribution in [2.45, 2.75) is 0 Å². The Hall–Kier alpha value is -7.41. The predicted octanol–water partition coefficient (Wildman–Crippen LogP) is 14.4. The molecule has 0 unspecified atom stereocenters. The summed E-state index contributed by atoms with van der Waals surface area (Å²) in [5.74, 6) is 1.83. The summed E-state index contributed by atoms with van der Waals surface area (Å²) in [6.07, 6.45) is 0. The second-order valence-corrected chi connectivity index (χ2v) is 15.4. The second-order valence-electron chi connectivity index (χ2n) is 14.3. The SMILES string of the molecule is c1ccc(-c2nc(-c3ccccc3)nc(-c3ccc4c(c3)oc3cccc(-c5cc(-c6cccc7c6oc6ccccc67)cc6c5sc5ccccc56)c34)n2)cc1. The molecule has 266 valence electrons. The first-order valence-corrected chi connectivity index (χ1v) is 19.7. The standard InChI is InChI=1S/C51H29N3O2S/c1-3-13-30(14-4-1)49-52-50(31-15-5-2-6-16-31)54-51(53-49)32-25-26-39-44(29-32)55-43-23-12-20-37(46(39)43)41-28-33(27-40-36-18-8-10-24-45(36)57-48(40)41)34-19-11-21-38-35-17-7-9-22-42(35)56-47(34)38/h1-29H. The molecule has 0 atom stereocenters. The van der Waals surface area contributed by atoms with Gasteiger partial charge in [-0.2, -0.15) is 0 Å². The fourth-order valence-corrected chi connectivity index (χ4v) is 9.50. The molecule has 0 spiro atoms. The lowest BCUT2D eigenvalue weighted by Gasteiger charge is -2.11. The minimum absolute atomic E-state index is 0.588. The van der Waals surface area contributed by atoms with E-state index >= 15 is 0 Å². The second kappa shape index (κ2) is 12.6. The molecular weight excluding hydrogens is 719 g/mol. The molecule has 0 saturated heterocycles. The average molecular weight is 748 g/mol. The van der Waals surface area contributed by atoms with Crippen molar-refractivity contribution >= 4 is 75.4 Å². The molecule has 0 N–H and O–H groups in total. The number of benzene rings is 8. The van der Waals surface area contributed by atoms with Crippen molar-refractivity contribution in [1.29, 1.82) is 0 Å². The van der Waals surface area contributed by atoms with Crippen molar-refractivity contribution in [2.75, 3.05) is 0 Å². The molecule has 0 amide bonds. The molecular formula is C51H29N3O2S. The van der Waals surface area contributed by atoms with Crippen LogP contribution in [0.15, 0.2) is 185 Å². The highest BCUT2D eigenvalue weighted by Crippen LogP contribution is 2.47. The summed E-state index contributed by atoms with van der Waals surface area (Å²) in [5.41, 5.74) is 10.5. The highest BCUT2D eigenvalue weighted by atomic mass is 32.1. The van der Waals surface area contributed by atoms with Gasteiger partial charge in [-0.3, -0.25) is 0 Å². The largest absolute Gasteiger partial charge is 0.456 e. The average Bonchev–Trinajstić information content (AvgIpc) is 3.98. The molecule has 12 aromatic rings. The van der Waals surface area contributed by atoms with Gasteiger partial charge in [0.15, 0.2) is 17.5 Å². The zero-order chi connectivity index (χ0) is 37.5. The molecule has 57 heavy (non-hydrogen) atoms. The van der Waals surface area contributed by atoms with Crippen molar-refractivity contribution in [1.82, 2.24) is 15.0 Å². The number of aromatic nitrogens is 3. The molecule has 0 aliphatic heterocycles. The summed E-state index contributed by atoms with van der Waals surface area (Å²) < 4.78 is 15.8. The number of thiophene rings is 1. The number of furan rings is 2. The molecule has 12 rings (SSSR count). The molecule has 0 aliphatic carbocycles. The smallest absolute Gasteiger partial charge is 0.164 e. The summed E-state index contributed by atoms with van der Waals surface area (Å²) in [4.78, 5) is 14.9. The summed E-state index contributed by atoms with van der Waals surface area (Å²) in [7, 11) is 0. The summed E-state index contributed by atoms with van der Waals surface area (Å²) in [6, 6.07) is 60.9. The quantitative estimate of drug-likeness (QED) is 0.175. The lowest BCUT2D eigenvalue weighted by molar-refractivity contribution is 0.669. The molecule has 0 saturated carbocycles. The van der Waals surface area contributed by atoms with Crippen molar-refractivity contribution in [3.8, 4) is 56.4 Å². The molecule has 0 bridgehead atoms. The van der Waals surface area contributed by atoms with Crippen LogP contribution < -0.4 is 0 Å². The fraction of sp³-hybridized carbons (Fsp3) is 0. The zero-order valence-corrected chi connectivity index (χ0v) is 31.1. The van der Waals surface area contributed by atoms with E-state index in [-0.39, 0.29) is 0 Å². The van der Waals surface area contributed by atoms with Gasteiger partial charge >= 0.3 is 0 Å². The third-order valence-electron chi connectivity index (χ3n) is 10.9. The maximum Gasteiger partial charge on any atom is 0.164 e. The van der Waals surface area contributed by atoms with Crippen LogP contribution in [0.4, 0.5) is 0 Å². The van der Waals surface area contributed by atoms with Crippen molar-refractivity contribution in [3.05, 3.63) is 176 Å². The summed E-state index contributed by atoms with van der Waals surface area (Å²) in [6.45, 7) is 0. The van der Waals surface area contributed by atoms with Crippen LogP contribution in [0.1, 0.15) is 0 Å². The molecule has 0 aliphatic rings. The van der Waals surface area contributed by atoms with Crippen LogP contribution in [-0.4, -0.2) is 15.0 Å². The van der Waals surface area contributed by atoms with Crippen LogP contribution in [-0.2, 0) is 0 Å². The van der Waals surface area contributed by atoms with Gasteiger partial charge in [0.1, 0.15) is 22.3 Å². The van der Waals surface area contributed by atoms with Crippen LogP contribution >= 0.6 is 11.3 Å². The van der Waals surface area contributed by atoms with E-state index in [0.717, 1.165) is 82.8 Å². The first-order valence-electron chi connectivity index (χ1n) is 18.9. The number of para-hydroxylation sites is 2. The van der Waals surface area contributed by atoms with Crippen LogP contribution in [0.5, 0.6) is 0 Å². The molecule has 5 nitrogen and oxygen atoms in total. The summed E-state index contributed by atoms with van der Waals surface area (Å²) >= 11 is 1.83. The Balaban J connectivity index is 1.07. The van der Waals surface area contributed by atoms with Crippen LogP contribution in [0.3, 0.4) is 0 Å². The number of hydrogen-bond donors (Lipinski definition) is 0. The van der Waals surface area contributed by atoms with E-state index in [1.54, 1.807) is 0 Å². The van der Waals surface area contributed by atoms with Gasteiger partial charge in [-0.25, -0.2) is 15.0 Å². The van der Waals surface area contributed by atoms with Gasteiger partial charge in [0.2, 0.25) is 0 Å². The minimum Gasteiger partial charge on any atom is -0.456 e. The third kappa shape index (κ3) is 5.12. The Bertz CT molecular complexity index is 3470. The van der Waals surface area contributed by atoms with Gasteiger partial charge in [-0.05, 0) is 53.6 Å². The fourth-order valence-electron chi connectivity index (χ4n) is 8.28. The molecule has 0 radical (unpaired) electrons. The highest BCUT2D eigenvalue weighted by Gasteiger charge is 2.21. The number of rotatable bonds is 5. The van der Waals surface area contributed by atoms with Crippen molar-refractivity contribution in [3.63, 3.8) is 0 Å². The third-order valence-corrected chi connectivity index (χ3v) is 12.2. The number of nitrogens with zero attached hydrogens (tertiary/aromatic N) is 3. The van der Waals surface area contributed by atoms with E-state index in [0.29, 0.717) is 17.5 Å². The molecule has 0 fully saturated rings. The van der Waals surface area contributed by atoms with Crippen LogP contribution in [0.2, 0.25) is 0 Å². The lowest BCUT2D eigenvalue weighted by atomic mass is 9.93. The first-order chi connectivity index (χ1) is 28.2. The molecule has 6 heteroatoms. The van der Waals surface area contributed by atoms with E-state index < -0.39 is 0 Å². The molecule has 4 aromatic heterocycles. The van der Waals surface area contributed by atoms with E-state index in [1.807, 2.05) is 84.1 Å². The molecule has 4 heterocycles. The van der Waals surface area contributed by atoms with Crippen LogP contribution in [0, 0.1) is 0 Å². The minimum atomic E-state index is 0.588. The van der Waals surface area contributed by atoms with Crippen LogP contribution in [0.25, 0.3) is 120 Å². The predicted molar refractivity (Wildman–Crippen MR) is 234 cm³/mol. The topological polar surface area (TPSA) is 65.0 Å². The Kier molecular flexibility index (Phi) is 7.03. The van der Waals surface area contributed by atoms with Crippen molar-refractivity contribution < 1.29 is 8.83 Å². The van der Waals surface area contributed by atoms with Crippen molar-refractivity contribution in [2.24, 2.45) is 0 Å². The lowest BCUT2D eigenvalue weighted by Crippen LogP contribution is -2.00. The highest BCUT2D eigenvalue weighted by molar-refractivity contribution is 7.26. The normalized spacial score (nSPS) is 11.9. The maximum atomic E-state index is 6.70. The van der Waals surface area contributed by atoms with Gasteiger partial charge in [0, 0.05) is 69.5 Å². The van der Waals surface area contributed by atoms with Gasteiger partial charge in [-0.1, -0.05) is 133 Å². The molecule has 8 aromatic carbocycles. The van der Waals surface area contributed by atoms with E-state index in [4.69, 9.17) is 23.8 Å². The Morgan fingerprint density at radius 2 is 0.982 bits per heavy atom. The van der Waals surface area contributed by atoms with E-state index in [1.165, 1.54) is 20.2 Å². The van der Waals surface area contributed by atoms with E-state index in [2.05, 4.69) is 103 Å². The van der Waals surface area contributed by atoms with Gasteiger partial charge in [0.05, 0.1) is 0 Å². The Labute approximate surface area is 330 Å². The van der Waals surface area contributed by atoms with Gasteiger partial charge in [-0.15, -0.1) is 11.3 Å². The van der Waals surface area contributed by atoms with E-state index in [9.17, 15) is 0 Å². The van der Waals surface area contributed by atoms with Gasteiger partial charge < -0.3 is 8.83 Å². The summed E-state index contributed by atoms with van der Waals surface area (Å²) in [5, 5.41) is 6.81.